The van der Waals surface area contributed by atoms with Crippen LogP contribution in [-0.4, -0.2) is 12.1 Å². The Labute approximate surface area is 89.6 Å². The summed E-state index contributed by atoms with van der Waals surface area (Å²) in [5.74, 6) is 0. The summed E-state index contributed by atoms with van der Waals surface area (Å²) in [6.07, 6.45) is 5.63. The predicted molar refractivity (Wildman–Crippen MR) is 58.7 cm³/mol. The van der Waals surface area contributed by atoms with Crippen LogP contribution in [0.25, 0.3) is 0 Å². The van der Waals surface area contributed by atoms with Crippen molar-refractivity contribution in [2.75, 3.05) is 12.8 Å². The molecule has 3 nitrogen and oxygen atoms in total. The van der Waals surface area contributed by atoms with Crippen molar-refractivity contribution in [2.45, 2.75) is 38.2 Å². The van der Waals surface area contributed by atoms with E-state index < -0.39 is 0 Å². The molecule has 2 aliphatic carbocycles. The maximum atomic E-state index is 6.21. The summed E-state index contributed by atoms with van der Waals surface area (Å²) in [7, 11) is 1.75. The lowest BCUT2D eigenvalue weighted by molar-refractivity contribution is 0.102. The maximum absolute atomic E-state index is 6.21. The Bertz CT molecular complexity index is 415. The number of pyridine rings is 1. The zero-order chi connectivity index (χ0) is 10.4. The van der Waals surface area contributed by atoms with Crippen molar-refractivity contribution in [1.82, 2.24) is 4.98 Å². The molecule has 1 heterocycles. The molecule has 0 aliphatic heterocycles. The van der Waals surface area contributed by atoms with Crippen molar-refractivity contribution in [3.05, 3.63) is 22.5 Å². The zero-order valence-corrected chi connectivity index (χ0v) is 9.05. The standard InChI is InChI=1S/C12H16N2O/c1-15-10-6-5-8-11(13)7-3-2-4-9(7)14-12(8)10/h10H,2-6H2,1H3,(H2,13,14). The van der Waals surface area contributed by atoms with Crippen LogP contribution in [0.2, 0.25) is 0 Å². The van der Waals surface area contributed by atoms with Gasteiger partial charge in [-0.2, -0.15) is 0 Å². The molecule has 3 rings (SSSR count). The van der Waals surface area contributed by atoms with E-state index in [9.17, 15) is 0 Å². The third-order valence-electron chi connectivity index (χ3n) is 3.65. The second kappa shape index (κ2) is 3.20. The van der Waals surface area contributed by atoms with E-state index in [0.717, 1.165) is 37.1 Å². The van der Waals surface area contributed by atoms with Crippen LogP contribution in [-0.2, 0) is 24.0 Å². The number of nitrogens with two attached hydrogens (primary N) is 1. The SMILES string of the molecule is COC1CCc2c1nc1c(c2N)CCC1. The molecule has 0 bridgehead atoms. The topological polar surface area (TPSA) is 48.1 Å². The highest BCUT2D eigenvalue weighted by Gasteiger charge is 2.29. The molecule has 1 aromatic heterocycles. The number of aromatic nitrogens is 1. The highest BCUT2D eigenvalue weighted by molar-refractivity contribution is 5.60. The Balaban J connectivity index is 2.17. The fraction of sp³-hybridized carbons (Fsp3) is 0.583. The van der Waals surface area contributed by atoms with Crippen molar-refractivity contribution in [1.29, 1.82) is 0 Å². The molecule has 3 heteroatoms. The molecular formula is C12H16N2O. The number of rotatable bonds is 1. The number of nitrogen functional groups attached to an aromatic ring is 1. The van der Waals surface area contributed by atoms with E-state index in [2.05, 4.69) is 0 Å². The highest BCUT2D eigenvalue weighted by Crippen LogP contribution is 2.39. The Morgan fingerprint density at radius 1 is 1.27 bits per heavy atom. The monoisotopic (exact) mass is 204 g/mol. The third kappa shape index (κ3) is 1.19. The minimum atomic E-state index is 0.174. The number of aryl methyl sites for hydroxylation is 1. The van der Waals surface area contributed by atoms with Crippen molar-refractivity contribution < 1.29 is 4.74 Å². The van der Waals surface area contributed by atoms with Crippen LogP contribution >= 0.6 is 0 Å². The lowest BCUT2D eigenvalue weighted by Crippen LogP contribution is -2.06. The molecule has 2 aliphatic rings. The van der Waals surface area contributed by atoms with Gasteiger partial charge in [0, 0.05) is 18.5 Å². The van der Waals surface area contributed by atoms with Crippen LogP contribution in [0.3, 0.4) is 0 Å². The first-order chi connectivity index (χ1) is 7.31. The molecule has 1 aromatic rings. The predicted octanol–water partition coefficient (Wildman–Crippen LogP) is 1.79. The van der Waals surface area contributed by atoms with Crippen LogP contribution in [0, 0.1) is 0 Å². The number of hydrogen-bond acceptors (Lipinski definition) is 3. The zero-order valence-electron chi connectivity index (χ0n) is 9.05. The van der Waals surface area contributed by atoms with Gasteiger partial charge in [0.1, 0.15) is 0 Å². The molecule has 15 heavy (non-hydrogen) atoms. The van der Waals surface area contributed by atoms with Crippen LogP contribution in [0.5, 0.6) is 0 Å². The van der Waals surface area contributed by atoms with Crippen molar-refractivity contribution in [3.8, 4) is 0 Å². The average Bonchev–Trinajstić information content (AvgIpc) is 2.83. The Morgan fingerprint density at radius 2 is 2.13 bits per heavy atom. The van der Waals surface area contributed by atoms with E-state index >= 15 is 0 Å². The quantitative estimate of drug-likeness (QED) is 0.758. The number of nitrogens with zero attached hydrogens (tertiary/aromatic N) is 1. The first-order valence-corrected chi connectivity index (χ1v) is 5.64. The van der Waals surface area contributed by atoms with E-state index in [0.29, 0.717) is 0 Å². The first-order valence-electron chi connectivity index (χ1n) is 5.64. The van der Waals surface area contributed by atoms with Gasteiger partial charge in [-0.1, -0.05) is 0 Å². The second-order valence-corrected chi connectivity index (χ2v) is 4.43. The Morgan fingerprint density at radius 3 is 2.93 bits per heavy atom. The fourth-order valence-electron chi connectivity index (χ4n) is 2.84. The molecular weight excluding hydrogens is 188 g/mol. The fourth-order valence-corrected chi connectivity index (χ4v) is 2.84. The van der Waals surface area contributed by atoms with Gasteiger partial charge in [0.15, 0.2) is 0 Å². The lowest BCUT2D eigenvalue weighted by Gasteiger charge is -2.12. The number of methoxy groups -OCH3 is 1. The molecule has 0 aromatic carbocycles. The summed E-state index contributed by atoms with van der Waals surface area (Å²) in [6, 6.07) is 0. The Kier molecular flexibility index (Phi) is 1.96. The van der Waals surface area contributed by atoms with Crippen molar-refractivity contribution in [3.63, 3.8) is 0 Å². The summed E-state index contributed by atoms with van der Waals surface area (Å²) in [5, 5.41) is 0. The molecule has 0 radical (unpaired) electrons. The van der Waals surface area contributed by atoms with Crippen molar-refractivity contribution >= 4 is 5.69 Å². The second-order valence-electron chi connectivity index (χ2n) is 4.43. The van der Waals surface area contributed by atoms with E-state index in [-0.39, 0.29) is 6.10 Å². The van der Waals surface area contributed by atoms with Crippen LogP contribution < -0.4 is 5.73 Å². The smallest absolute Gasteiger partial charge is 0.0997 e. The van der Waals surface area contributed by atoms with Gasteiger partial charge >= 0.3 is 0 Å². The summed E-state index contributed by atoms with van der Waals surface area (Å²) in [4.78, 5) is 4.74. The molecule has 1 atom stereocenters. The molecule has 0 saturated carbocycles. The van der Waals surface area contributed by atoms with Crippen LogP contribution in [0.15, 0.2) is 0 Å². The van der Waals surface area contributed by atoms with E-state index in [1.165, 1.54) is 23.2 Å². The summed E-state index contributed by atoms with van der Waals surface area (Å²) < 4.78 is 5.43. The largest absolute Gasteiger partial charge is 0.398 e. The van der Waals surface area contributed by atoms with Gasteiger partial charge < -0.3 is 10.5 Å². The number of anilines is 1. The van der Waals surface area contributed by atoms with E-state index in [4.69, 9.17) is 15.5 Å². The van der Waals surface area contributed by atoms with Crippen molar-refractivity contribution in [2.24, 2.45) is 0 Å². The average molecular weight is 204 g/mol. The van der Waals surface area contributed by atoms with Gasteiger partial charge in [0.2, 0.25) is 0 Å². The molecule has 0 amide bonds. The molecule has 0 fully saturated rings. The Hall–Kier alpha value is -1.09. The normalized spacial score (nSPS) is 22.9. The summed E-state index contributed by atoms with van der Waals surface area (Å²) in [5.41, 5.74) is 12.1. The minimum absolute atomic E-state index is 0.174. The molecule has 0 saturated heterocycles. The summed E-state index contributed by atoms with van der Waals surface area (Å²) >= 11 is 0. The molecule has 80 valence electrons. The van der Waals surface area contributed by atoms with E-state index in [1.54, 1.807) is 7.11 Å². The van der Waals surface area contributed by atoms with Gasteiger partial charge in [0.25, 0.3) is 0 Å². The van der Waals surface area contributed by atoms with Gasteiger partial charge in [-0.3, -0.25) is 4.98 Å². The van der Waals surface area contributed by atoms with Gasteiger partial charge in [-0.05, 0) is 43.2 Å². The maximum Gasteiger partial charge on any atom is 0.0997 e. The molecule has 0 spiro atoms. The van der Waals surface area contributed by atoms with Crippen LogP contribution in [0.1, 0.15) is 41.5 Å². The third-order valence-corrected chi connectivity index (χ3v) is 3.65. The number of fused-ring (bicyclic) bond motifs is 2. The van der Waals surface area contributed by atoms with E-state index in [1.807, 2.05) is 0 Å². The summed E-state index contributed by atoms with van der Waals surface area (Å²) in [6.45, 7) is 0. The number of ether oxygens (including phenoxy) is 1. The van der Waals surface area contributed by atoms with Gasteiger partial charge in [-0.15, -0.1) is 0 Å². The first kappa shape index (κ1) is 9.16. The minimum Gasteiger partial charge on any atom is -0.398 e. The lowest BCUT2D eigenvalue weighted by atomic mass is 10.1. The highest BCUT2D eigenvalue weighted by atomic mass is 16.5. The van der Waals surface area contributed by atoms with Gasteiger partial charge in [-0.25, -0.2) is 0 Å². The molecule has 1 unspecified atom stereocenters. The van der Waals surface area contributed by atoms with Gasteiger partial charge in [0.05, 0.1) is 11.8 Å². The molecule has 2 N–H and O–H groups in total. The number of hydrogen-bond donors (Lipinski definition) is 1. The van der Waals surface area contributed by atoms with Crippen LogP contribution in [0.4, 0.5) is 5.69 Å².